The molecule has 1 aliphatic carbocycles. The number of amides is 1. The van der Waals surface area contributed by atoms with Gasteiger partial charge in [0, 0.05) is 25.0 Å². The van der Waals surface area contributed by atoms with Gasteiger partial charge in [-0.2, -0.15) is 0 Å². The zero-order valence-corrected chi connectivity index (χ0v) is 15.4. The van der Waals surface area contributed by atoms with Crippen molar-refractivity contribution in [2.75, 3.05) is 11.9 Å². The summed E-state index contributed by atoms with van der Waals surface area (Å²) in [4.78, 5) is 16.5. The molecule has 0 bridgehead atoms. The Hall–Kier alpha value is -2.62. The van der Waals surface area contributed by atoms with Crippen LogP contribution in [0.3, 0.4) is 0 Å². The van der Waals surface area contributed by atoms with Gasteiger partial charge in [-0.05, 0) is 56.7 Å². The number of aromatic nitrogens is 1. The van der Waals surface area contributed by atoms with Gasteiger partial charge in [-0.3, -0.25) is 9.78 Å². The molecule has 0 saturated heterocycles. The molecule has 0 unspecified atom stereocenters. The Bertz CT molecular complexity index is 765. The van der Waals surface area contributed by atoms with Crippen molar-refractivity contribution in [2.45, 2.75) is 45.6 Å². The van der Waals surface area contributed by atoms with Crippen molar-refractivity contribution in [1.29, 1.82) is 0 Å². The van der Waals surface area contributed by atoms with Gasteiger partial charge in [-0.15, -0.1) is 0 Å². The molecule has 3 rings (SSSR count). The predicted molar refractivity (Wildman–Crippen MR) is 106 cm³/mol. The van der Waals surface area contributed by atoms with Gasteiger partial charge < -0.3 is 10.6 Å². The van der Waals surface area contributed by atoms with E-state index in [0.29, 0.717) is 12.2 Å². The average Bonchev–Trinajstić information content (AvgIpc) is 2.68. The molecule has 4 heteroatoms. The molecule has 1 heterocycles. The van der Waals surface area contributed by atoms with E-state index in [9.17, 15) is 4.79 Å². The Kier molecular flexibility index (Phi) is 6.42. The summed E-state index contributed by atoms with van der Waals surface area (Å²) < 4.78 is 0. The van der Waals surface area contributed by atoms with Crippen LogP contribution >= 0.6 is 0 Å². The van der Waals surface area contributed by atoms with Gasteiger partial charge in [-0.25, -0.2) is 0 Å². The van der Waals surface area contributed by atoms with Gasteiger partial charge in [0.2, 0.25) is 0 Å². The molecule has 0 saturated carbocycles. The molecule has 1 aromatic carbocycles. The maximum atomic E-state index is 12.3. The van der Waals surface area contributed by atoms with Crippen LogP contribution in [0.2, 0.25) is 0 Å². The van der Waals surface area contributed by atoms with E-state index >= 15 is 0 Å². The van der Waals surface area contributed by atoms with Crippen molar-refractivity contribution in [3.05, 3.63) is 71.1 Å². The summed E-state index contributed by atoms with van der Waals surface area (Å²) >= 11 is 0. The lowest BCUT2D eigenvalue weighted by atomic mass is 9.97. The third-order valence-electron chi connectivity index (χ3n) is 4.73. The van der Waals surface area contributed by atoms with Crippen LogP contribution in [0.5, 0.6) is 0 Å². The predicted octanol–water partition coefficient (Wildman–Crippen LogP) is 4.62. The molecule has 0 radical (unpaired) electrons. The molecular weight excluding hydrogens is 322 g/mol. The van der Waals surface area contributed by atoms with Gasteiger partial charge in [0.1, 0.15) is 5.69 Å². The number of carbonyl (C=O) groups excluding carboxylic acids is 1. The number of rotatable bonds is 7. The Morgan fingerprint density at radius 3 is 2.77 bits per heavy atom. The number of carbonyl (C=O) groups is 1. The highest BCUT2D eigenvalue weighted by molar-refractivity contribution is 5.93. The minimum Gasteiger partial charge on any atom is -0.385 e. The van der Waals surface area contributed by atoms with Crippen molar-refractivity contribution in [3.63, 3.8) is 0 Å². The van der Waals surface area contributed by atoms with E-state index in [1.807, 2.05) is 36.4 Å². The summed E-state index contributed by atoms with van der Waals surface area (Å²) in [6.45, 7) is 3.45. The standard InChI is InChI=1S/C22H27N3O/c1-17-7-9-19(10-8-17)16-25-22(26)21-15-20(12-14-24-21)23-13-11-18-5-3-2-4-6-18/h5,7-10,12,14-15H,2-4,6,11,13,16H2,1H3,(H,23,24)(H,25,26). The maximum absolute atomic E-state index is 12.3. The first kappa shape index (κ1) is 18.2. The van der Waals surface area contributed by atoms with Gasteiger partial charge >= 0.3 is 0 Å². The zero-order valence-electron chi connectivity index (χ0n) is 15.4. The second kappa shape index (κ2) is 9.18. The summed E-state index contributed by atoms with van der Waals surface area (Å²) in [6, 6.07) is 11.9. The van der Waals surface area contributed by atoms with Crippen LogP contribution in [0.1, 0.15) is 53.7 Å². The van der Waals surface area contributed by atoms with Crippen LogP contribution < -0.4 is 10.6 Å². The summed E-state index contributed by atoms with van der Waals surface area (Å²) in [5, 5.41) is 6.34. The number of anilines is 1. The number of nitrogens with one attached hydrogen (secondary N) is 2. The first-order valence-electron chi connectivity index (χ1n) is 9.42. The number of hydrogen-bond donors (Lipinski definition) is 2. The van der Waals surface area contributed by atoms with Gasteiger partial charge in [0.25, 0.3) is 5.91 Å². The quantitative estimate of drug-likeness (QED) is 0.717. The fraction of sp³-hybridized carbons (Fsp3) is 0.364. The molecule has 0 fully saturated rings. The first-order chi connectivity index (χ1) is 12.7. The lowest BCUT2D eigenvalue weighted by Gasteiger charge is -2.13. The van der Waals surface area contributed by atoms with Crippen LogP contribution in [0.25, 0.3) is 0 Å². The molecule has 4 nitrogen and oxygen atoms in total. The molecule has 136 valence electrons. The van der Waals surface area contributed by atoms with Crippen molar-refractivity contribution in [2.24, 2.45) is 0 Å². The Morgan fingerprint density at radius 2 is 2.00 bits per heavy atom. The van der Waals surface area contributed by atoms with Crippen LogP contribution in [-0.2, 0) is 6.54 Å². The molecule has 26 heavy (non-hydrogen) atoms. The highest BCUT2D eigenvalue weighted by Crippen LogP contribution is 2.20. The third kappa shape index (κ3) is 5.45. The van der Waals surface area contributed by atoms with Gasteiger partial charge in [0.05, 0.1) is 0 Å². The number of hydrogen-bond acceptors (Lipinski definition) is 3. The van der Waals surface area contributed by atoms with Crippen LogP contribution in [0.15, 0.2) is 54.2 Å². The van der Waals surface area contributed by atoms with E-state index in [-0.39, 0.29) is 5.91 Å². The maximum Gasteiger partial charge on any atom is 0.270 e. The van der Waals surface area contributed by atoms with E-state index in [0.717, 1.165) is 24.2 Å². The lowest BCUT2D eigenvalue weighted by molar-refractivity contribution is 0.0946. The van der Waals surface area contributed by atoms with Crippen molar-refractivity contribution >= 4 is 11.6 Å². The molecule has 0 aliphatic heterocycles. The zero-order chi connectivity index (χ0) is 18.2. The summed E-state index contributed by atoms with van der Waals surface area (Å²) in [5.41, 5.74) is 5.23. The monoisotopic (exact) mass is 349 g/mol. The minimum absolute atomic E-state index is 0.149. The van der Waals surface area contributed by atoms with E-state index < -0.39 is 0 Å². The van der Waals surface area contributed by atoms with Crippen LogP contribution in [0.4, 0.5) is 5.69 Å². The van der Waals surface area contributed by atoms with E-state index in [1.54, 1.807) is 11.8 Å². The third-order valence-corrected chi connectivity index (χ3v) is 4.73. The smallest absolute Gasteiger partial charge is 0.270 e. The molecular formula is C22H27N3O. The molecule has 1 amide bonds. The number of pyridine rings is 1. The van der Waals surface area contributed by atoms with Crippen molar-refractivity contribution in [1.82, 2.24) is 10.3 Å². The Balaban J connectivity index is 1.50. The summed E-state index contributed by atoms with van der Waals surface area (Å²) in [5.74, 6) is -0.149. The van der Waals surface area contributed by atoms with Gasteiger partial charge in [0.15, 0.2) is 0 Å². The molecule has 2 N–H and O–H groups in total. The fourth-order valence-electron chi connectivity index (χ4n) is 3.14. The molecule has 2 aromatic rings. The second-order valence-corrected chi connectivity index (χ2v) is 6.88. The lowest BCUT2D eigenvalue weighted by Crippen LogP contribution is -2.23. The highest BCUT2D eigenvalue weighted by atomic mass is 16.1. The van der Waals surface area contributed by atoms with Gasteiger partial charge in [-0.1, -0.05) is 41.5 Å². The summed E-state index contributed by atoms with van der Waals surface area (Å²) in [7, 11) is 0. The first-order valence-corrected chi connectivity index (χ1v) is 9.42. The van der Waals surface area contributed by atoms with E-state index in [2.05, 4.69) is 28.6 Å². The molecule has 0 spiro atoms. The fourth-order valence-corrected chi connectivity index (χ4v) is 3.14. The molecule has 1 aliphatic rings. The largest absolute Gasteiger partial charge is 0.385 e. The van der Waals surface area contributed by atoms with Crippen LogP contribution in [0, 0.1) is 6.92 Å². The van der Waals surface area contributed by atoms with Crippen molar-refractivity contribution in [3.8, 4) is 0 Å². The number of nitrogens with zero attached hydrogens (tertiary/aromatic N) is 1. The normalized spacial score (nSPS) is 13.8. The molecule has 0 atom stereocenters. The SMILES string of the molecule is Cc1ccc(CNC(=O)c2cc(NCCC3=CCCCC3)ccn2)cc1. The average molecular weight is 349 g/mol. The van der Waals surface area contributed by atoms with E-state index in [1.165, 1.54) is 31.2 Å². The highest BCUT2D eigenvalue weighted by Gasteiger charge is 2.08. The van der Waals surface area contributed by atoms with Crippen LogP contribution in [-0.4, -0.2) is 17.4 Å². The number of benzene rings is 1. The topological polar surface area (TPSA) is 54.0 Å². The Morgan fingerprint density at radius 1 is 1.15 bits per heavy atom. The molecule has 1 aromatic heterocycles. The van der Waals surface area contributed by atoms with Crippen molar-refractivity contribution < 1.29 is 4.79 Å². The summed E-state index contributed by atoms with van der Waals surface area (Å²) in [6.07, 6.45) is 10.2. The number of aryl methyl sites for hydroxylation is 1. The second-order valence-electron chi connectivity index (χ2n) is 6.88. The van der Waals surface area contributed by atoms with E-state index in [4.69, 9.17) is 0 Å². The minimum atomic E-state index is -0.149. The Labute approximate surface area is 155 Å². The number of allylic oxidation sites excluding steroid dienone is 1.